The Hall–Kier alpha value is -1.35. The average Bonchev–Trinajstić information content (AvgIpc) is 2.19. The van der Waals surface area contributed by atoms with Crippen LogP contribution in [0.3, 0.4) is 0 Å². The number of ether oxygens (including phenoxy) is 2. The quantitative estimate of drug-likeness (QED) is 0.613. The van der Waals surface area contributed by atoms with Gasteiger partial charge in [0, 0.05) is 5.56 Å². The summed E-state index contributed by atoms with van der Waals surface area (Å²) in [6.07, 6.45) is 0.809. The SMILES string of the molecule is Cc1ccc(C=O)c2c1COCO2. The van der Waals surface area contributed by atoms with Gasteiger partial charge < -0.3 is 9.47 Å². The molecule has 0 fully saturated rings. The summed E-state index contributed by atoms with van der Waals surface area (Å²) in [4.78, 5) is 10.7. The molecule has 1 aromatic rings. The van der Waals surface area contributed by atoms with E-state index in [1.54, 1.807) is 6.07 Å². The number of aryl methyl sites for hydroxylation is 1. The highest BCUT2D eigenvalue weighted by Gasteiger charge is 2.16. The molecule has 3 nitrogen and oxygen atoms in total. The second-order valence-electron chi connectivity index (χ2n) is 3.01. The third-order valence-corrected chi connectivity index (χ3v) is 2.19. The third kappa shape index (κ3) is 1.31. The maximum atomic E-state index is 10.7. The Morgan fingerprint density at radius 1 is 1.46 bits per heavy atom. The van der Waals surface area contributed by atoms with Crippen molar-refractivity contribution in [3.63, 3.8) is 0 Å². The zero-order chi connectivity index (χ0) is 9.26. The van der Waals surface area contributed by atoms with Crippen molar-refractivity contribution in [3.05, 3.63) is 28.8 Å². The number of fused-ring (bicyclic) bond motifs is 1. The molecule has 0 saturated carbocycles. The fraction of sp³-hybridized carbons (Fsp3) is 0.300. The molecule has 0 atom stereocenters. The normalized spacial score (nSPS) is 14.5. The lowest BCUT2D eigenvalue weighted by Gasteiger charge is -2.20. The van der Waals surface area contributed by atoms with Gasteiger partial charge in [0.05, 0.1) is 12.2 Å². The van der Waals surface area contributed by atoms with E-state index in [1.807, 2.05) is 13.0 Å². The number of hydrogen-bond donors (Lipinski definition) is 0. The van der Waals surface area contributed by atoms with Gasteiger partial charge >= 0.3 is 0 Å². The summed E-state index contributed by atoms with van der Waals surface area (Å²) >= 11 is 0. The molecule has 1 aliphatic rings. The minimum absolute atomic E-state index is 0.233. The number of benzene rings is 1. The van der Waals surface area contributed by atoms with E-state index in [0.29, 0.717) is 17.9 Å². The first kappa shape index (κ1) is 8.26. The van der Waals surface area contributed by atoms with Crippen molar-refractivity contribution in [1.29, 1.82) is 0 Å². The second-order valence-corrected chi connectivity index (χ2v) is 3.01. The van der Waals surface area contributed by atoms with Gasteiger partial charge in [-0.25, -0.2) is 0 Å². The number of carbonyl (C=O) groups is 1. The van der Waals surface area contributed by atoms with E-state index in [4.69, 9.17) is 9.47 Å². The molecule has 3 heteroatoms. The summed E-state index contributed by atoms with van der Waals surface area (Å²) in [5.74, 6) is 0.682. The van der Waals surface area contributed by atoms with Gasteiger partial charge in [0.1, 0.15) is 5.75 Å². The van der Waals surface area contributed by atoms with Crippen LogP contribution in [0.1, 0.15) is 21.5 Å². The molecule has 0 aliphatic carbocycles. The van der Waals surface area contributed by atoms with Crippen LogP contribution in [-0.2, 0) is 11.3 Å². The Morgan fingerprint density at radius 2 is 2.31 bits per heavy atom. The Labute approximate surface area is 76.3 Å². The van der Waals surface area contributed by atoms with Gasteiger partial charge in [0.15, 0.2) is 13.1 Å². The van der Waals surface area contributed by atoms with Crippen LogP contribution in [0.5, 0.6) is 5.75 Å². The lowest BCUT2D eigenvalue weighted by molar-refractivity contribution is -0.0170. The predicted octanol–water partition coefficient (Wildman–Crippen LogP) is 1.67. The van der Waals surface area contributed by atoms with Crippen LogP contribution in [0, 0.1) is 6.92 Å². The Kier molecular flexibility index (Phi) is 2.02. The Morgan fingerprint density at radius 3 is 3.08 bits per heavy atom. The number of aldehydes is 1. The number of hydrogen-bond acceptors (Lipinski definition) is 3. The first-order chi connectivity index (χ1) is 6.33. The second kappa shape index (κ2) is 3.18. The first-order valence-electron chi connectivity index (χ1n) is 4.11. The molecule has 0 spiro atoms. The van der Waals surface area contributed by atoms with Crippen LogP contribution in [0.15, 0.2) is 12.1 Å². The molecular weight excluding hydrogens is 168 g/mol. The molecule has 68 valence electrons. The molecule has 1 aliphatic heterocycles. The summed E-state index contributed by atoms with van der Waals surface area (Å²) in [5, 5.41) is 0. The summed E-state index contributed by atoms with van der Waals surface area (Å²) in [6, 6.07) is 3.67. The number of carbonyl (C=O) groups excluding carboxylic acids is 1. The van der Waals surface area contributed by atoms with E-state index < -0.39 is 0 Å². The molecule has 1 aromatic carbocycles. The van der Waals surface area contributed by atoms with Crippen LogP contribution in [-0.4, -0.2) is 13.1 Å². The summed E-state index contributed by atoms with van der Waals surface area (Å²) in [7, 11) is 0. The first-order valence-corrected chi connectivity index (χ1v) is 4.11. The smallest absolute Gasteiger partial charge is 0.189 e. The fourth-order valence-corrected chi connectivity index (χ4v) is 1.43. The van der Waals surface area contributed by atoms with E-state index in [2.05, 4.69) is 0 Å². The molecule has 0 radical (unpaired) electrons. The molecule has 0 unspecified atom stereocenters. The van der Waals surface area contributed by atoms with Gasteiger partial charge in [-0.2, -0.15) is 0 Å². The molecule has 2 rings (SSSR count). The van der Waals surface area contributed by atoms with Crippen molar-refractivity contribution >= 4 is 6.29 Å². The van der Waals surface area contributed by atoms with E-state index in [0.717, 1.165) is 17.4 Å². The van der Waals surface area contributed by atoms with Crippen molar-refractivity contribution in [2.24, 2.45) is 0 Å². The largest absolute Gasteiger partial charge is 0.466 e. The van der Waals surface area contributed by atoms with Crippen LogP contribution in [0.4, 0.5) is 0 Å². The third-order valence-electron chi connectivity index (χ3n) is 2.19. The standard InChI is InChI=1S/C10H10O3/c1-7-2-3-8(4-11)10-9(7)5-12-6-13-10/h2-4H,5-6H2,1H3. The van der Waals surface area contributed by atoms with Gasteiger partial charge in [0.2, 0.25) is 0 Å². The molecule has 13 heavy (non-hydrogen) atoms. The summed E-state index contributed by atoms with van der Waals surface area (Å²) in [5.41, 5.74) is 2.68. The van der Waals surface area contributed by atoms with E-state index in [-0.39, 0.29) is 6.79 Å². The summed E-state index contributed by atoms with van der Waals surface area (Å²) in [6.45, 7) is 2.74. The molecule has 0 saturated heterocycles. The fourth-order valence-electron chi connectivity index (χ4n) is 1.43. The van der Waals surface area contributed by atoms with Gasteiger partial charge in [0.25, 0.3) is 0 Å². The van der Waals surface area contributed by atoms with Crippen molar-refractivity contribution in [2.75, 3.05) is 6.79 Å². The monoisotopic (exact) mass is 178 g/mol. The molecule has 0 bridgehead atoms. The molecule has 1 heterocycles. The van der Waals surface area contributed by atoms with Crippen molar-refractivity contribution in [2.45, 2.75) is 13.5 Å². The van der Waals surface area contributed by atoms with Crippen LogP contribution < -0.4 is 4.74 Å². The highest BCUT2D eigenvalue weighted by Crippen LogP contribution is 2.29. The number of rotatable bonds is 1. The lowest BCUT2D eigenvalue weighted by Crippen LogP contribution is -2.14. The van der Waals surface area contributed by atoms with Crippen LogP contribution in [0.2, 0.25) is 0 Å². The minimum atomic E-state index is 0.233. The zero-order valence-electron chi connectivity index (χ0n) is 7.37. The molecule has 0 amide bonds. The van der Waals surface area contributed by atoms with E-state index in [1.165, 1.54) is 0 Å². The predicted molar refractivity (Wildman–Crippen MR) is 46.9 cm³/mol. The van der Waals surface area contributed by atoms with Crippen LogP contribution in [0.25, 0.3) is 0 Å². The summed E-state index contributed by atoms with van der Waals surface area (Å²) < 4.78 is 10.4. The lowest BCUT2D eigenvalue weighted by atomic mass is 10.0. The maximum absolute atomic E-state index is 10.7. The molecular formula is C10H10O3. The topological polar surface area (TPSA) is 35.5 Å². The van der Waals surface area contributed by atoms with E-state index in [9.17, 15) is 4.79 Å². The maximum Gasteiger partial charge on any atom is 0.189 e. The Bertz CT molecular complexity index is 344. The van der Waals surface area contributed by atoms with Gasteiger partial charge in [-0.05, 0) is 18.6 Å². The highest BCUT2D eigenvalue weighted by molar-refractivity contribution is 5.80. The highest BCUT2D eigenvalue weighted by atomic mass is 16.7. The average molecular weight is 178 g/mol. The van der Waals surface area contributed by atoms with Crippen molar-refractivity contribution < 1.29 is 14.3 Å². The van der Waals surface area contributed by atoms with Crippen LogP contribution >= 0.6 is 0 Å². The minimum Gasteiger partial charge on any atom is -0.466 e. The Balaban J connectivity index is 2.58. The molecule has 0 aromatic heterocycles. The van der Waals surface area contributed by atoms with Gasteiger partial charge in [-0.3, -0.25) is 4.79 Å². The molecule has 0 N–H and O–H groups in total. The van der Waals surface area contributed by atoms with Gasteiger partial charge in [-0.1, -0.05) is 6.07 Å². The van der Waals surface area contributed by atoms with E-state index >= 15 is 0 Å². The zero-order valence-corrected chi connectivity index (χ0v) is 7.37. The van der Waals surface area contributed by atoms with Gasteiger partial charge in [-0.15, -0.1) is 0 Å². The van der Waals surface area contributed by atoms with Crippen molar-refractivity contribution in [3.8, 4) is 5.75 Å². The van der Waals surface area contributed by atoms with Crippen molar-refractivity contribution in [1.82, 2.24) is 0 Å².